The van der Waals surface area contributed by atoms with Gasteiger partial charge in [-0.15, -0.1) is 0 Å². The number of hydrogen-bond donors (Lipinski definition) is 1. The van der Waals surface area contributed by atoms with Crippen LogP contribution >= 0.6 is 0 Å². The number of methoxy groups -OCH3 is 1. The summed E-state index contributed by atoms with van der Waals surface area (Å²) in [7, 11) is 1.67. The Labute approximate surface area is 110 Å². The summed E-state index contributed by atoms with van der Waals surface area (Å²) in [5, 5.41) is 9.01. The maximum absolute atomic E-state index is 11.0. The zero-order chi connectivity index (χ0) is 14.0. The van der Waals surface area contributed by atoms with Crippen molar-refractivity contribution in [3.8, 4) is 0 Å². The Bertz CT molecular complexity index is 221. The van der Waals surface area contributed by atoms with Crippen molar-refractivity contribution in [2.24, 2.45) is 5.92 Å². The molecular weight excluding hydrogens is 234 g/mol. The molecule has 1 N–H and O–H groups in total. The summed E-state index contributed by atoms with van der Waals surface area (Å²) in [6, 6.07) is 0. The molecule has 1 atom stereocenters. The largest absolute Gasteiger partial charge is 0.479 e. The first-order valence-corrected chi connectivity index (χ1v) is 6.56. The van der Waals surface area contributed by atoms with E-state index in [1.807, 2.05) is 6.92 Å². The zero-order valence-corrected chi connectivity index (χ0v) is 12.0. The van der Waals surface area contributed by atoms with E-state index in [0.29, 0.717) is 25.6 Å². The van der Waals surface area contributed by atoms with Crippen LogP contribution in [0.25, 0.3) is 0 Å². The first-order chi connectivity index (χ1) is 8.51. The van der Waals surface area contributed by atoms with Gasteiger partial charge in [-0.25, -0.2) is 4.79 Å². The molecule has 18 heavy (non-hydrogen) atoms. The number of carboxylic acids is 1. The molecule has 1 unspecified atom stereocenters. The van der Waals surface area contributed by atoms with Crippen molar-refractivity contribution < 1.29 is 19.4 Å². The van der Waals surface area contributed by atoms with Crippen molar-refractivity contribution in [3.05, 3.63) is 0 Å². The molecule has 0 saturated heterocycles. The maximum Gasteiger partial charge on any atom is 0.332 e. The Morgan fingerprint density at radius 3 is 2.44 bits per heavy atom. The van der Waals surface area contributed by atoms with Gasteiger partial charge >= 0.3 is 5.97 Å². The van der Waals surface area contributed by atoms with Crippen LogP contribution in [0.4, 0.5) is 0 Å². The fraction of sp³-hybridized carbons (Fsp3) is 0.923. The van der Waals surface area contributed by atoms with E-state index in [0.717, 1.165) is 19.6 Å². The molecule has 0 aromatic heterocycles. The lowest BCUT2D eigenvalue weighted by molar-refractivity contribution is -0.150. The van der Waals surface area contributed by atoms with Crippen molar-refractivity contribution in [1.82, 2.24) is 4.90 Å². The number of rotatable bonds is 11. The van der Waals surface area contributed by atoms with Gasteiger partial charge in [0.25, 0.3) is 0 Å². The lowest BCUT2D eigenvalue weighted by Crippen LogP contribution is -2.35. The summed E-state index contributed by atoms with van der Waals surface area (Å²) < 4.78 is 10.3. The smallest absolute Gasteiger partial charge is 0.332 e. The van der Waals surface area contributed by atoms with Crippen LogP contribution in [0.3, 0.4) is 0 Å². The minimum Gasteiger partial charge on any atom is -0.479 e. The SMILES string of the molecule is CCOC(CCN(CCOC)CC(C)C)C(=O)O. The van der Waals surface area contributed by atoms with Gasteiger partial charge in [-0.3, -0.25) is 0 Å². The van der Waals surface area contributed by atoms with Gasteiger partial charge in [-0.2, -0.15) is 0 Å². The van der Waals surface area contributed by atoms with Gasteiger partial charge in [0.1, 0.15) is 0 Å². The second kappa shape index (κ2) is 10.3. The molecule has 0 rings (SSSR count). The Kier molecular flexibility index (Phi) is 9.92. The molecule has 5 nitrogen and oxygen atoms in total. The van der Waals surface area contributed by atoms with Crippen LogP contribution < -0.4 is 0 Å². The minimum atomic E-state index is -0.881. The van der Waals surface area contributed by atoms with Crippen molar-refractivity contribution >= 4 is 5.97 Å². The molecular formula is C13H27NO4. The van der Waals surface area contributed by atoms with Crippen LogP contribution in [-0.2, 0) is 14.3 Å². The quantitative estimate of drug-likeness (QED) is 0.610. The molecule has 5 heteroatoms. The van der Waals surface area contributed by atoms with Gasteiger partial charge in [0.2, 0.25) is 0 Å². The van der Waals surface area contributed by atoms with Crippen LogP contribution in [0.5, 0.6) is 0 Å². The molecule has 0 amide bonds. The average molecular weight is 261 g/mol. The summed E-state index contributed by atoms with van der Waals surface area (Å²) in [5.41, 5.74) is 0. The van der Waals surface area contributed by atoms with E-state index in [2.05, 4.69) is 18.7 Å². The number of carbonyl (C=O) groups is 1. The first kappa shape index (κ1) is 17.4. The van der Waals surface area contributed by atoms with E-state index >= 15 is 0 Å². The fourth-order valence-electron chi connectivity index (χ4n) is 1.81. The molecule has 0 radical (unpaired) electrons. The van der Waals surface area contributed by atoms with Gasteiger partial charge in [0.15, 0.2) is 6.10 Å². The van der Waals surface area contributed by atoms with Crippen molar-refractivity contribution in [3.63, 3.8) is 0 Å². The van der Waals surface area contributed by atoms with E-state index in [-0.39, 0.29) is 0 Å². The standard InChI is InChI=1S/C13H27NO4/c1-5-18-12(13(15)16)6-7-14(8-9-17-4)10-11(2)3/h11-12H,5-10H2,1-4H3,(H,15,16). The molecule has 0 aromatic rings. The summed E-state index contributed by atoms with van der Waals surface area (Å²) in [5.74, 6) is -0.328. The third-order valence-electron chi connectivity index (χ3n) is 2.59. The Morgan fingerprint density at radius 1 is 1.33 bits per heavy atom. The van der Waals surface area contributed by atoms with Crippen LogP contribution in [0.1, 0.15) is 27.2 Å². The van der Waals surface area contributed by atoms with Gasteiger partial charge in [-0.05, 0) is 19.3 Å². The van der Waals surface area contributed by atoms with Crippen LogP contribution in [0.2, 0.25) is 0 Å². The Morgan fingerprint density at radius 2 is 2.00 bits per heavy atom. The highest BCUT2D eigenvalue weighted by atomic mass is 16.5. The monoisotopic (exact) mass is 261 g/mol. The highest BCUT2D eigenvalue weighted by molar-refractivity contribution is 5.72. The molecule has 0 aliphatic carbocycles. The number of aliphatic carboxylic acids is 1. The maximum atomic E-state index is 11.0. The normalized spacial score (nSPS) is 13.2. The summed E-state index contributed by atoms with van der Waals surface area (Å²) >= 11 is 0. The lowest BCUT2D eigenvalue weighted by Gasteiger charge is -2.25. The number of ether oxygens (including phenoxy) is 2. The zero-order valence-electron chi connectivity index (χ0n) is 12.0. The van der Waals surface area contributed by atoms with Gasteiger partial charge < -0.3 is 19.5 Å². The number of nitrogens with zero attached hydrogens (tertiary/aromatic N) is 1. The third-order valence-corrected chi connectivity index (χ3v) is 2.59. The fourth-order valence-corrected chi connectivity index (χ4v) is 1.81. The van der Waals surface area contributed by atoms with E-state index in [4.69, 9.17) is 14.6 Å². The van der Waals surface area contributed by atoms with E-state index in [1.165, 1.54) is 0 Å². The van der Waals surface area contributed by atoms with Crippen molar-refractivity contribution in [1.29, 1.82) is 0 Å². The van der Waals surface area contributed by atoms with E-state index < -0.39 is 12.1 Å². The van der Waals surface area contributed by atoms with Crippen LogP contribution in [-0.4, -0.2) is 62.0 Å². The second-order valence-electron chi connectivity index (χ2n) is 4.76. The van der Waals surface area contributed by atoms with Gasteiger partial charge in [0, 0.05) is 33.4 Å². The molecule has 0 bridgehead atoms. The van der Waals surface area contributed by atoms with Crippen molar-refractivity contribution in [2.45, 2.75) is 33.3 Å². The minimum absolute atomic E-state index is 0.430. The Balaban J connectivity index is 4.15. The third kappa shape index (κ3) is 8.44. The molecule has 0 saturated carbocycles. The molecule has 0 aliphatic heterocycles. The molecule has 0 aliphatic rings. The van der Waals surface area contributed by atoms with Crippen LogP contribution in [0, 0.1) is 5.92 Å². The van der Waals surface area contributed by atoms with Crippen molar-refractivity contribution in [2.75, 3.05) is 40.0 Å². The average Bonchev–Trinajstić information content (AvgIpc) is 2.29. The van der Waals surface area contributed by atoms with Gasteiger partial charge in [-0.1, -0.05) is 13.8 Å². The van der Waals surface area contributed by atoms with Gasteiger partial charge in [0.05, 0.1) is 6.61 Å². The second-order valence-corrected chi connectivity index (χ2v) is 4.76. The molecule has 108 valence electrons. The Hall–Kier alpha value is -0.650. The predicted molar refractivity (Wildman–Crippen MR) is 70.8 cm³/mol. The number of hydrogen-bond acceptors (Lipinski definition) is 4. The molecule has 0 spiro atoms. The highest BCUT2D eigenvalue weighted by Gasteiger charge is 2.19. The van der Waals surface area contributed by atoms with E-state index in [1.54, 1.807) is 7.11 Å². The summed E-state index contributed by atoms with van der Waals surface area (Å²) in [6.07, 6.45) is -0.188. The lowest BCUT2D eigenvalue weighted by atomic mass is 10.2. The summed E-state index contributed by atoms with van der Waals surface area (Å²) in [4.78, 5) is 13.2. The van der Waals surface area contributed by atoms with Crippen LogP contribution in [0.15, 0.2) is 0 Å². The molecule has 0 aromatic carbocycles. The summed E-state index contributed by atoms with van der Waals surface area (Å²) in [6.45, 7) is 9.70. The molecule has 0 heterocycles. The molecule has 0 fully saturated rings. The first-order valence-electron chi connectivity index (χ1n) is 6.56. The highest BCUT2D eigenvalue weighted by Crippen LogP contribution is 2.05. The van der Waals surface area contributed by atoms with E-state index in [9.17, 15) is 4.79 Å². The predicted octanol–water partition coefficient (Wildman–Crippen LogP) is 1.47. The topological polar surface area (TPSA) is 59.0 Å². The number of carboxylic acid groups (broad SMARTS) is 1.